The van der Waals surface area contributed by atoms with Gasteiger partial charge < -0.3 is 9.47 Å². The average molecular weight is 244 g/mol. The summed E-state index contributed by atoms with van der Waals surface area (Å²) in [6.07, 6.45) is 0. The number of carbonyl (C=O) groups excluding carboxylic acids is 1. The van der Waals surface area contributed by atoms with E-state index >= 15 is 0 Å². The first kappa shape index (κ1) is 12.6. The third-order valence-electron chi connectivity index (χ3n) is 3.28. The van der Waals surface area contributed by atoms with Crippen LogP contribution in [-0.2, 0) is 19.9 Å². The summed E-state index contributed by atoms with van der Waals surface area (Å²) in [7, 11) is 2.87. The largest absolute Gasteiger partial charge is 0.467 e. The van der Waals surface area contributed by atoms with Crippen molar-refractivity contribution in [3.8, 4) is 0 Å². The van der Waals surface area contributed by atoms with Crippen LogP contribution in [0, 0.1) is 0 Å². The number of rotatable bonds is 3. The molecule has 0 aliphatic rings. The van der Waals surface area contributed by atoms with Crippen molar-refractivity contribution in [3.05, 3.63) is 48.0 Å². The van der Waals surface area contributed by atoms with Crippen LogP contribution in [0.25, 0.3) is 10.8 Å². The summed E-state index contributed by atoms with van der Waals surface area (Å²) in [4.78, 5) is 11.9. The molecule has 2 aromatic rings. The zero-order chi connectivity index (χ0) is 13.2. The lowest BCUT2D eigenvalue weighted by Crippen LogP contribution is -2.35. The van der Waals surface area contributed by atoms with E-state index < -0.39 is 11.6 Å². The molecule has 0 heterocycles. The molecule has 1 atom stereocenters. The van der Waals surface area contributed by atoms with Gasteiger partial charge in [0.15, 0.2) is 5.60 Å². The monoisotopic (exact) mass is 244 g/mol. The lowest BCUT2D eigenvalue weighted by Gasteiger charge is -2.25. The SMILES string of the molecule is COC(=O)C(C)(OC)c1ccc2ccccc2c1. The topological polar surface area (TPSA) is 35.5 Å². The van der Waals surface area contributed by atoms with Crippen LogP contribution < -0.4 is 0 Å². The van der Waals surface area contributed by atoms with E-state index in [-0.39, 0.29) is 0 Å². The Morgan fingerprint density at radius 1 is 1.06 bits per heavy atom. The number of benzene rings is 2. The standard InChI is InChI=1S/C15H16O3/c1-15(18-3,14(16)17-2)13-9-8-11-6-4-5-7-12(11)10-13/h4-10H,1-3H3. The van der Waals surface area contributed by atoms with E-state index in [9.17, 15) is 4.79 Å². The number of esters is 1. The van der Waals surface area contributed by atoms with E-state index in [1.165, 1.54) is 14.2 Å². The zero-order valence-electron chi connectivity index (χ0n) is 10.8. The maximum absolute atomic E-state index is 11.9. The molecular formula is C15H16O3. The van der Waals surface area contributed by atoms with Crippen LogP contribution in [0.4, 0.5) is 0 Å². The molecule has 0 saturated heterocycles. The minimum Gasteiger partial charge on any atom is -0.467 e. The Labute approximate surface area is 106 Å². The number of hydrogen-bond donors (Lipinski definition) is 0. The van der Waals surface area contributed by atoms with Crippen molar-refractivity contribution < 1.29 is 14.3 Å². The molecule has 18 heavy (non-hydrogen) atoms. The average Bonchev–Trinajstić information content (AvgIpc) is 2.44. The van der Waals surface area contributed by atoms with Crippen LogP contribution >= 0.6 is 0 Å². The number of carbonyl (C=O) groups is 1. The summed E-state index contributed by atoms with van der Waals surface area (Å²) in [5.41, 5.74) is -0.283. The molecule has 2 aromatic carbocycles. The van der Waals surface area contributed by atoms with Crippen LogP contribution in [0.5, 0.6) is 0 Å². The molecular weight excluding hydrogens is 228 g/mol. The van der Waals surface area contributed by atoms with E-state index in [0.29, 0.717) is 0 Å². The molecule has 0 aromatic heterocycles. The van der Waals surface area contributed by atoms with Crippen LogP contribution in [0.1, 0.15) is 12.5 Å². The lowest BCUT2D eigenvalue weighted by molar-refractivity contribution is -0.165. The van der Waals surface area contributed by atoms with Gasteiger partial charge >= 0.3 is 5.97 Å². The van der Waals surface area contributed by atoms with Gasteiger partial charge in [0.25, 0.3) is 0 Å². The Hall–Kier alpha value is -1.87. The van der Waals surface area contributed by atoms with Crippen LogP contribution in [0.15, 0.2) is 42.5 Å². The molecule has 0 amide bonds. The molecule has 0 aliphatic heterocycles. The minimum absolute atomic E-state index is 0.403. The molecule has 0 aliphatic carbocycles. The Bertz CT molecular complexity index is 577. The Kier molecular flexibility index (Phi) is 3.34. The molecule has 2 rings (SSSR count). The van der Waals surface area contributed by atoms with Crippen molar-refractivity contribution in [1.29, 1.82) is 0 Å². The number of methoxy groups -OCH3 is 2. The molecule has 3 heteroatoms. The second-order valence-corrected chi connectivity index (χ2v) is 4.29. The second-order valence-electron chi connectivity index (χ2n) is 4.29. The maximum Gasteiger partial charge on any atom is 0.342 e. The molecule has 3 nitrogen and oxygen atoms in total. The van der Waals surface area contributed by atoms with Gasteiger partial charge in [-0.05, 0) is 29.3 Å². The predicted octanol–water partition coefficient (Wildman–Crippen LogP) is 2.87. The molecule has 0 saturated carbocycles. The summed E-state index contributed by atoms with van der Waals surface area (Å²) in [6, 6.07) is 13.8. The highest BCUT2D eigenvalue weighted by Crippen LogP contribution is 2.28. The normalized spacial score (nSPS) is 14.2. The second kappa shape index (κ2) is 4.78. The molecule has 0 radical (unpaired) electrons. The first-order valence-corrected chi connectivity index (χ1v) is 5.74. The third-order valence-corrected chi connectivity index (χ3v) is 3.28. The van der Waals surface area contributed by atoms with Gasteiger partial charge in [0, 0.05) is 7.11 Å². The highest BCUT2D eigenvalue weighted by molar-refractivity contribution is 5.87. The van der Waals surface area contributed by atoms with E-state index in [4.69, 9.17) is 9.47 Å². The van der Waals surface area contributed by atoms with Gasteiger partial charge in [-0.25, -0.2) is 4.79 Å². The van der Waals surface area contributed by atoms with Crippen molar-refractivity contribution >= 4 is 16.7 Å². The summed E-state index contributed by atoms with van der Waals surface area (Å²) in [5, 5.41) is 2.20. The third kappa shape index (κ3) is 1.97. The van der Waals surface area contributed by atoms with E-state index in [1.54, 1.807) is 6.92 Å². The van der Waals surface area contributed by atoms with Gasteiger partial charge in [0.1, 0.15) is 0 Å². The first-order valence-electron chi connectivity index (χ1n) is 5.74. The van der Waals surface area contributed by atoms with Crippen molar-refractivity contribution in [1.82, 2.24) is 0 Å². The Morgan fingerprint density at radius 2 is 1.72 bits per heavy atom. The molecule has 0 N–H and O–H groups in total. The minimum atomic E-state index is -1.07. The van der Waals surface area contributed by atoms with Crippen LogP contribution in [0.2, 0.25) is 0 Å². The van der Waals surface area contributed by atoms with Gasteiger partial charge in [-0.15, -0.1) is 0 Å². The predicted molar refractivity (Wildman–Crippen MR) is 70.3 cm³/mol. The van der Waals surface area contributed by atoms with Crippen molar-refractivity contribution in [2.75, 3.05) is 14.2 Å². The van der Waals surface area contributed by atoms with Gasteiger partial charge in [0.2, 0.25) is 0 Å². The smallest absolute Gasteiger partial charge is 0.342 e. The quantitative estimate of drug-likeness (QED) is 0.779. The fourth-order valence-corrected chi connectivity index (χ4v) is 2.00. The Balaban J connectivity index is 2.55. The highest BCUT2D eigenvalue weighted by Gasteiger charge is 2.36. The molecule has 0 fully saturated rings. The molecule has 94 valence electrons. The van der Waals surface area contributed by atoms with Gasteiger partial charge in [-0.2, -0.15) is 0 Å². The molecule has 0 spiro atoms. The summed E-state index contributed by atoms with van der Waals surface area (Å²) in [6.45, 7) is 1.71. The number of fused-ring (bicyclic) bond motifs is 1. The fourth-order valence-electron chi connectivity index (χ4n) is 2.00. The van der Waals surface area contributed by atoms with Crippen molar-refractivity contribution in [2.24, 2.45) is 0 Å². The van der Waals surface area contributed by atoms with Gasteiger partial charge in [-0.3, -0.25) is 0 Å². The zero-order valence-corrected chi connectivity index (χ0v) is 10.8. The fraction of sp³-hybridized carbons (Fsp3) is 0.267. The first-order chi connectivity index (χ1) is 8.61. The molecule has 0 bridgehead atoms. The van der Waals surface area contributed by atoms with Crippen LogP contribution in [-0.4, -0.2) is 20.2 Å². The number of hydrogen-bond acceptors (Lipinski definition) is 3. The van der Waals surface area contributed by atoms with Gasteiger partial charge in [0.05, 0.1) is 7.11 Å². The summed E-state index contributed by atoms with van der Waals surface area (Å²) >= 11 is 0. The maximum atomic E-state index is 11.9. The van der Waals surface area contributed by atoms with Crippen molar-refractivity contribution in [3.63, 3.8) is 0 Å². The summed E-state index contributed by atoms with van der Waals surface area (Å²) < 4.78 is 10.2. The highest BCUT2D eigenvalue weighted by atomic mass is 16.6. The summed E-state index contributed by atoms with van der Waals surface area (Å²) in [5.74, 6) is -0.403. The van der Waals surface area contributed by atoms with E-state index in [2.05, 4.69) is 0 Å². The van der Waals surface area contributed by atoms with Gasteiger partial charge in [-0.1, -0.05) is 36.4 Å². The van der Waals surface area contributed by atoms with Crippen LogP contribution in [0.3, 0.4) is 0 Å². The lowest BCUT2D eigenvalue weighted by atomic mass is 9.93. The molecule has 1 unspecified atom stereocenters. The van der Waals surface area contributed by atoms with E-state index in [0.717, 1.165) is 16.3 Å². The Morgan fingerprint density at radius 3 is 2.33 bits per heavy atom. The van der Waals surface area contributed by atoms with E-state index in [1.807, 2.05) is 42.5 Å². The van der Waals surface area contributed by atoms with Crippen molar-refractivity contribution in [2.45, 2.75) is 12.5 Å². The number of ether oxygens (including phenoxy) is 2.